The van der Waals surface area contributed by atoms with Crippen molar-refractivity contribution >= 4 is 11.9 Å². The van der Waals surface area contributed by atoms with Gasteiger partial charge in [0.25, 0.3) is 0 Å². The van der Waals surface area contributed by atoms with Crippen molar-refractivity contribution in [3.8, 4) is 0 Å². The molecule has 0 bridgehead atoms. The SMILES string of the molecule is COC(=O)[C@@H]1CC[C@H](C(=O)NC2CCOC(C)(C)C2)C1. The van der Waals surface area contributed by atoms with Crippen LogP contribution in [0.2, 0.25) is 0 Å². The van der Waals surface area contributed by atoms with Gasteiger partial charge in [0, 0.05) is 18.6 Å². The van der Waals surface area contributed by atoms with Crippen molar-refractivity contribution in [2.24, 2.45) is 11.8 Å². The first kappa shape index (κ1) is 15.3. The molecule has 2 aliphatic rings. The lowest BCUT2D eigenvalue weighted by Gasteiger charge is -2.36. The van der Waals surface area contributed by atoms with Crippen LogP contribution in [0.5, 0.6) is 0 Å². The monoisotopic (exact) mass is 283 g/mol. The van der Waals surface area contributed by atoms with Crippen LogP contribution in [0.25, 0.3) is 0 Å². The van der Waals surface area contributed by atoms with Crippen molar-refractivity contribution in [1.82, 2.24) is 5.32 Å². The number of carbonyl (C=O) groups is 2. The summed E-state index contributed by atoms with van der Waals surface area (Å²) in [4.78, 5) is 23.8. The average molecular weight is 283 g/mol. The van der Waals surface area contributed by atoms with Crippen LogP contribution < -0.4 is 5.32 Å². The third-order valence-corrected chi connectivity index (χ3v) is 4.38. The van der Waals surface area contributed by atoms with E-state index >= 15 is 0 Å². The minimum absolute atomic E-state index is 0.0509. The molecule has 0 aromatic carbocycles. The summed E-state index contributed by atoms with van der Waals surface area (Å²) in [6, 6.07) is 0.184. The maximum absolute atomic E-state index is 12.3. The van der Waals surface area contributed by atoms with Crippen LogP contribution >= 0.6 is 0 Å². The van der Waals surface area contributed by atoms with Gasteiger partial charge >= 0.3 is 5.97 Å². The van der Waals surface area contributed by atoms with E-state index in [9.17, 15) is 9.59 Å². The number of ether oxygens (including phenoxy) is 2. The molecular formula is C15H25NO4. The second kappa shape index (κ2) is 6.12. The molecule has 1 unspecified atom stereocenters. The Morgan fingerprint density at radius 2 is 1.90 bits per heavy atom. The summed E-state index contributed by atoms with van der Waals surface area (Å²) in [6.45, 7) is 4.79. The lowest BCUT2D eigenvalue weighted by molar-refractivity contribution is -0.145. The molecule has 1 heterocycles. The summed E-state index contributed by atoms with van der Waals surface area (Å²) in [6.07, 6.45) is 3.85. The Morgan fingerprint density at radius 3 is 2.55 bits per heavy atom. The van der Waals surface area contributed by atoms with Gasteiger partial charge in [0.15, 0.2) is 0 Å². The fourth-order valence-electron chi connectivity index (χ4n) is 3.27. The van der Waals surface area contributed by atoms with Gasteiger partial charge in [-0.1, -0.05) is 0 Å². The highest BCUT2D eigenvalue weighted by Crippen LogP contribution is 2.32. The highest BCUT2D eigenvalue weighted by atomic mass is 16.5. The van der Waals surface area contributed by atoms with E-state index in [1.54, 1.807) is 0 Å². The van der Waals surface area contributed by atoms with Gasteiger partial charge in [-0.25, -0.2) is 0 Å². The molecule has 1 amide bonds. The Morgan fingerprint density at radius 1 is 1.20 bits per heavy atom. The molecule has 1 saturated carbocycles. The second-order valence-electron chi connectivity index (χ2n) is 6.54. The lowest BCUT2D eigenvalue weighted by atomic mass is 9.93. The van der Waals surface area contributed by atoms with E-state index in [4.69, 9.17) is 9.47 Å². The summed E-state index contributed by atoms with van der Waals surface area (Å²) in [7, 11) is 1.40. The number of amides is 1. The molecule has 1 aliphatic carbocycles. The standard InChI is InChI=1S/C15H25NO4/c1-15(2)9-12(6-7-20-15)16-13(17)10-4-5-11(8-10)14(18)19-3/h10-12H,4-9H2,1-3H3,(H,16,17)/t10-,11+,12?/m0/s1. The van der Waals surface area contributed by atoms with Gasteiger partial charge in [0.2, 0.25) is 5.91 Å². The van der Waals surface area contributed by atoms with Crippen LogP contribution in [0.4, 0.5) is 0 Å². The zero-order valence-corrected chi connectivity index (χ0v) is 12.6. The molecule has 20 heavy (non-hydrogen) atoms. The number of esters is 1. The van der Waals surface area contributed by atoms with E-state index in [1.165, 1.54) is 7.11 Å². The minimum atomic E-state index is -0.188. The highest BCUT2D eigenvalue weighted by Gasteiger charge is 2.36. The van der Waals surface area contributed by atoms with E-state index in [0.717, 1.165) is 25.7 Å². The maximum Gasteiger partial charge on any atom is 0.308 e. The molecule has 2 fully saturated rings. The van der Waals surface area contributed by atoms with Gasteiger partial charge < -0.3 is 14.8 Å². The fraction of sp³-hybridized carbons (Fsp3) is 0.867. The molecule has 0 spiro atoms. The molecule has 5 heteroatoms. The maximum atomic E-state index is 12.3. The molecule has 0 radical (unpaired) electrons. The smallest absolute Gasteiger partial charge is 0.308 e. The van der Waals surface area contributed by atoms with Gasteiger partial charge in [-0.2, -0.15) is 0 Å². The van der Waals surface area contributed by atoms with Crippen LogP contribution in [0.1, 0.15) is 46.0 Å². The van der Waals surface area contributed by atoms with Crippen LogP contribution in [-0.4, -0.2) is 37.2 Å². The molecule has 1 aliphatic heterocycles. The predicted octanol–water partition coefficient (Wildman–Crippen LogP) is 1.65. The first-order valence-corrected chi connectivity index (χ1v) is 7.43. The highest BCUT2D eigenvalue weighted by molar-refractivity contribution is 5.81. The third kappa shape index (κ3) is 3.72. The first-order chi connectivity index (χ1) is 9.41. The predicted molar refractivity (Wildman–Crippen MR) is 74.0 cm³/mol. The van der Waals surface area contributed by atoms with E-state index in [-0.39, 0.29) is 35.4 Å². The van der Waals surface area contributed by atoms with E-state index in [2.05, 4.69) is 5.32 Å². The largest absolute Gasteiger partial charge is 0.469 e. The Kier molecular flexibility index (Phi) is 4.68. The van der Waals surface area contributed by atoms with Crippen molar-refractivity contribution in [3.63, 3.8) is 0 Å². The third-order valence-electron chi connectivity index (χ3n) is 4.38. The van der Waals surface area contributed by atoms with E-state index in [1.807, 2.05) is 13.8 Å². The topological polar surface area (TPSA) is 64.6 Å². The molecule has 2 rings (SSSR count). The van der Waals surface area contributed by atoms with Crippen LogP contribution in [0.15, 0.2) is 0 Å². The second-order valence-corrected chi connectivity index (χ2v) is 6.54. The van der Waals surface area contributed by atoms with Crippen LogP contribution in [0.3, 0.4) is 0 Å². The molecular weight excluding hydrogens is 258 g/mol. The molecule has 0 aromatic heterocycles. The van der Waals surface area contributed by atoms with Gasteiger partial charge in [-0.3, -0.25) is 9.59 Å². The number of methoxy groups -OCH3 is 1. The van der Waals surface area contributed by atoms with Gasteiger partial charge in [0.05, 0.1) is 18.6 Å². The molecule has 1 N–H and O–H groups in total. The quantitative estimate of drug-likeness (QED) is 0.800. The molecule has 3 atom stereocenters. The fourth-order valence-corrected chi connectivity index (χ4v) is 3.27. The normalized spacial score (nSPS) is 32.6. The molecule has 1 saturated heterocycles. The van der Waals surface area contributed by atoms with Gasteiger partial charge in [-0.15, -0.1) is 0 Å². The summed E-state index contributed by atoms with van der Waals surface area (Å²) >= 11 is 0. The summed E-state index contributed by atoms with van der Waals surface area (Å²) in [5.74, 6) is -0.265. The lowest BCUT2D eigenvalue weighted by Crippen LogP contribution is -2.47. The van der Waals surface area contributed by atoms with Crippen LogP contribution in [0, 0.1) is 11.8 Å². The van der Waals surface area contributed by atoms with E-state index in [0.29, 0.717) is 13.0 Å². The Hall–Kier alpha value is -1.10. The zero-order valence-electron chi connectivity index (χ0n) is 12.6. The number of nitrogens with one attached hydrogen (secondary N) is 1. The number of rotatable bonds is 3. The van der Waals surface area contributed by atoms with Crippen molar-refractivity contribution in [2.75, 3.05) is 13.7 Å². The number of carbonyl (C=O) groups excluding carboxylic acids is 2. The Labute approximate surface area is 120 Å². The van der Waals surface area contributed by atoms with Crippen molar-refractivity contribution < 1.29 is 19.1 Å². The van der Waals surface area contributed by atoms with Crippen LogP contribution in [-0.2, 0) is 19.1 Å². The summed E-state index contributed by atoms with van der Waals surface area (Å²) in [5, 5.41) is 3.12. The molecule has 114 valence electrons. The average Bonchev–Trinajstić information content (AvgIpc) is 2.86. The van der Waals surface area contributed by atoms with Crippen molar-refractivity contribution in [2.45, 2.75) is 57.6 Å². The number of hydrogen-bond donors (Lipinski definition) is 1. The summed E-state index contributed by atoms with van der Waals surface area (Å²) in [5.41, 5.74) is -0.166. The van der Waals surface area contributed by atoms with Crippen molar-refractivity contribution in [3.05, 3.63) is 0 Å². The number of hydrogen-bond acceptors (Lipinski definition) is 4. The first-order valence-electron chi connectivity index (χ1n) is 7.43. The van der Waals surface area contributed by atoms with E-state index < -0.39 is 0 Å². The summed E-state index contributed by atoms with van der Waals surface area (Å²) < 4.78 is 10.4. The van der Waals surface area contributed by atoms with Crippen molar-refractivity contribution in [1.29, 1.82) is 0 Å². The van der Waals surface area contributed by atoms with Gasteiger partial charge in [0.1, 0.15) is 0 Å². The Bertz CT molecular complexity index is 380. The Balaban J connectivity index is 1.82. The zero-order chi connectivity index (χ0) is 14.8. The van der Waals surface area contributed by atoms with Gasteiger partial charge in [-0.05, 0) is 46.0 Å². The minimum Gasteiger partial charge on any atom is -0.469 e. The molecule has 0 aromatic rings. The molecule has 5 nitrogen and oxygen atoms in total.